The van der Waals surface area contributed by atoms with Crippen molar-refractivity contribution in [2.75, 3.05) is 6.61 Å². The summed E-state index contributed by atoms with van der Waals surface area (Å²) in [7, 11) is 0. The van der Waals surface area contributed by atoms with Crippen LogP contribution in [-0.4, -0.2) is 12.8 Å². The third kappa shape index (κ3) is 11.0. The average Bonchev–Trinajstić information content (AvgIpc) is 2.29. The molecule has 1 atom stereocenters. The van der Waals surface area contributed by atoms with E-state index < -0.39 is 6.16 Å². The minimum atomic E-state index is -0.885. The predicted octanol–water partition coefficient (Wildman–Crippen LogP) is 4.15. The van der Waals surface area contributed by atoms with Crippen LogP contribution in [0.5, 0.6) is 0 Å². The molecule has 0 bridgehead atoms. The van der Waals surface area contributed by atoms with Crippen molar-refractivity contribution in [3.63, 3.8) is 0 Å². The van der Waals surface area contributed by atoms with E-state index in [4.69, 9.17) is 0 Å². The van der Waals surface area contributed by atoms with Gasteiger partial charge in [-0.1, -0.05) is 24.6 Å². The summed E-state index contributed by atoms with van der Waals surface area (Å²) in [6.45, 7) is 9.74. The fourth-order valence-corrected chi connectivity index (χ4v) is 1.11. The summed E-state index contributed by atoms with van der Waals surface area (Å²) in [5, 5.41) is 0. The summed E-state index contributed by atoms with van der Waals surface area (Å²) in [4.78, 5) is 19.7. The zero-order valence-corrected chi connectivity index (χ0v) is 11.3. The first kappa shape index (κ1) is 16.4. The highest BCUT2D eigenvalue weighted by Crippen LogP contribution is 2.09. The first-order chi connectivity index (χ1) is 8.56. The average molecular weight is 254 g/mol. The largest absolute Gasteiger partial charge is 0.545 e. The topological polar surface area (TPSA) is 44.8 Å². The Hall–Kier alpha value is -1.55. The molecule has 4 nitrogen and oxygen atoms in total. The van der Waals surface area contributed by atoms with Crippen LogP contribution in [-0.2, 0) is 14.5 Å². The lowest BCUT2D eigenvalue weighted by atomic mass is 10.1. The predicted molar refractivity (Wildman–Crippen MR) is 70.7 cm³/mol. The Morgan fingerprint density at radius 2 is 2.11 bits per heavy atom. The molecule has 0 heterocycles. The summed E-state index contributed by atoms with van der Waals surface area (Å²) >= 11 is 0. The van der Waals surface area contributed by atoms with Crippen molar-refractivity contribution in [3.8, 4) is 0 Å². The highest BCUT2D eigenvalue weighted by molar-refractivity contribution is 5.59. The van der Waals surface area contributed by atoms with Gasteiger partial charge in [-0.25, -0.2) is 4.79 Å². The van der Waals surface area contributed by atoms with E-state index >= 15 is 0 Å². The molecule has 0 N–H and O–H groups in total. The molecule has 0 saturated heterocycles. The van der Waals surface area contributed by atoms with Gasteiger partial charge < -0.3 is 4.74 Å². The molecule has 1 unspecified atom stereocenters. The molecule has 0 fully saturated rings. The van der Waals surface area contributed by atoms with E-state index in [1.54, 1.807) is 0 Å². The quantitative estimate of drug-likeness (QED) is 0.163. The maximum atomic E-state index is 10.9. The molecule has 0 amide bonds. The number of allylic oxidation sites excluding steroid dienone is 3. The Balaban J connectivity index is 3.70. The molecule has 0 aromatic heterocycles. The van der Waals surface area contributed by atoms with E-state index in [2.05, 4.69) is 47.9 Å². The van der Waals surface area contributed by atoms with Gasteiger partial charge in [-0.05, 0) is 38.7 Å². The maximum Gasteiger partial charge on any atom is 0.545 e. The third-order valence-corrected chi connectivity index (χ3v) is 2.06. The minimum absolute atomic E-state index is 0.137. The number of rotatable bonds is 8. The zero-order chi connectivity index (χ0) is 13.8. The Kier molecular flexibility index (Phi) is 9.68. The van der Waals surface area contributed by atoms with Crippen LogP contribution in [0.1, 0.15) is 33.6 Å². The molecular weight excluding hydrogens is 232 g/mol. The van der Waals surface area contributed by atoms with E-state index in [9.17, 15) is 4.79 Å². The molecule has 0 aliphatic rings. The van der Waals surface area contributed by atoms with Crippen LogP contribution in [0.15, 0.2) is 36.6 Å². The van der Waals surface area contributed by atoms with Crippen LogP contribution in [0, 0.1) is 5.92 Å². The van der Waals surface area contributed by atoms with E-state index in [1.807, 2.05) is 6.08 Å². The summed E-state index contributed by atoms with van der Waals surface area (Å²) in [6.07, 6.45) is 7.93. The van der Waals surface area contributed by atoms with Gasteiger partial charge in [0.25, 0.3) is 0 Å². The summed E-state index contributed by atoms with van der Waals surface area (Å²) in [5.74, 6) is 0.336. The third-order valence-electron chi connectivity index (χ3n) is 2.06. The Morgan fingerprint density at radius 3 is 2.72 bits per heavy atom. The Bertz CT molecular complexity index is 301. The highest BCUT2D eigenvalue weighted by atomic mass is 17.2. The van der Waals surface area contributed by atoms with Gasteiger partial charge in [-0.15, -0.1) is 6.58 Å². The summed E-state index contributed by atoms with van der Waals surface area (Å²) in [6, 6.07) is 0. The van der Waals surface area contributed by atoms with Crippen molar-refractivity contribution in [2.45, 2.75) is 33.6 Å². The second kappa shape index (κ2) is 10.6. The fraction of sp³-hybridized carbons (Fsp3) is 0.500. The van der Waals surface area contributed by atoms with Crippen LogP contribution in [0.4, 0.5) is 4.79 Å². The van der Waals surface area contributed by atoms with E-state index in [1.165, 1.54) is 17.9 Å². The van der Waals surface area contributed by atoms with Gasteiger partial charge in [0, 0.05) is 0 Å². The fourth-order valence-electron chi connectivity index (χ4n) is 1.11. The van der Waals surface area contributed by atoms with E-state index in [0.29, 0.717) is 5.92 Å². The van der Waals surface area contributed by atoms with Crippen LogP contribution >= 0.6 is 0 Å². The smallest absolute Gasteiger partial charge is 0.401 e. The molecule has 0 aromatic rings. The van der Waals surface area contributed by atoms with Gasteiger partial charge in [0.2, 0.25) is 0 Å². The number of hydrogen-bond acceptors (Lipinski definition) is 4. The molecule has 0 spiro atoms. The molecule has 0 aliphatic carbocycles. The monoisotopic (exact) mass is 254 g/mol. The SMILES string of the molecule is C=CCOOC(=O)O/C=C/C(C)CCC=C(C)C. The standard InChI is InChI=1S/C14H22O4/c1-5-10-17-18-14(15)16-11-9-13(4)8-6-7-12(2)3/h5,7,9,11,13H,1,6,8,10H2,2-4H3/b11-9+. The van der Waals surface area contributed by atoms with Crippen molar-refractivity contribution in [1.82, 2.24) is 0 Å². The normalized spacial score (nSPS) is 11.9. The molecule has 0 rings (SSSR count). The number of hydrogen-bond donors (Lipinski definition) is 0. The lowest BCUT2D eigenvalue weighted by Crippen LogP contribution is -2.04. The van der Waals surface area contributed by atoms with Crippen molar-refractivity contribution in [2.24, 2.45) is 5.92 Å². The Labute approximate surface area is 109 Å². The zero-order valence-electron chi connectivity index (χ0n) is 11.3. The van der Waals surface area contributed by atoms with Crippen LogP contribution in [0.25, 0.3) is 0 Å². The van der Waals surface area contributed by atoms with E-state index in [-0.39, 0.29) is 6.61 Å². The van der Waals surface area contributed by atoms with Crippen molar-refractivity contribution in [3.05, 3.63) is 36.6 Å². The second-order valence-corrected chi connectivity index (χ2v) is 4.19. The molecule has 0 radical (unpaired) electrons. The number of ether oxygens (including phenoxy) is 1. The first-order valence-electron chi connectivity index (χ1n) is 5.97. The first-order valence-corrected chi connectivity index (χ1v) is 5.97. The minimum Gasteiger partial charge on any atom is -0.401 e. The Morgan fingerprint density at radius 1 is 1.39 bits per heavy atom. The van der Waals surface area contributed by atoms with Gasteiger partial charge in [-0.3, -0.25) is 4.89 Å². The number of carbonyl (C=O) groups is 1. The molecular formula is C14H22O4. The lowest BCUT2D eigenvalue weighted by Gasteiger charge is -2.03. The van der Waals surface area contributed by atoms with Crippen LogP contribution in [0.2, 0.25) is 0 Å². The van der Waals surface area contributed by atoms with Gasteiger partial charge in [0.15, 0.2) is 0 Å². The molecule has 0 saturated carbocycles. The summed E-state index contributed by atoms with van der Waals surface area (Å²) < 4.78 is 4.67. The molecule has 18 heavy (non-hydrogen) atoms. The second-order valence-electron chi connectivity index (χ2n) is 4.19. The van der Waals surface area contributed by atoms with Gasteiger partial charge in [0.1, 0.15) is 6.61 Å². The van der Waals surface area contributed by atoms with Gasteiger partial charge >= 0.3 is 6.16 Å². The van der Waals surface area contributed by atoms with Gasteiger partial charge in [0.05, 0.1) is 6.26 Å². The van der Waals surface area contributed by atoms with Crippen LogP contribution < -0.4 is 0 Å². The molecule has 102 valence electrons. The maximum absolute atomic E-state index is 10.9. The molecule has 0 aliphatic heterocycles. The van der Waals surface area contributed by atoms with Gasteiger partial charge in [-0.2, -0.15) is 4.89 Å². The highest BCUT2D eigenvalue weighted by Gasteiger charge is 2.02. The van der Waals surface area contributed by atoms with Crippen molar-refractivity contribution < 1.29 is 19.3 Å². The van der Waals surface area contributed by atoms with Crippen molar-refractivity contribution >= 4 is 6.16 Å². The van der Waals surface area contributed by atoms with E-state index in [0.717, 1.165) is 12.8 Å². The lowest BCUT2D eigenvalue weighted by molar-refractivity contribution is -0.242. The summed E-state index contributed by atoms with van der Waals surface area (Å²) in [5.41, 5.74) is 1.31. The van der Waals surface area contributed by atoms with Crippen LogP contribution in [0.3, 0.4) is 0 Å². The molecule has 4 heteroatoms. The molecule has 0 aromatic carbocycles. The number of carbonyl (C=O) groups excluding carboxylic acids is 1. The van der Waals surface area contributed by atoms with Crippen molar-refractivity contribution in [1.29, 1.82) is 0 Å².